The van der Waals surface area contributed by atoms with Gasteiger partial charge in [-0.1, -0.05) is 12.1 Å². The van der Waals surface area contributed by atoms with Crippen LogP contribution in [0.15, 0.2) is 29.1 Å². The molecule has 0 spiro atoms. The Morgan fingerprint density at radius 1 is 1.33 bits per heavy atom. The third-order valence-electron chi connectivity index (χ3n) is 2.37. The van der Waals surface area contributed by atoms with Crippen LogP contribution in [0.2, 0.25) is 0 Å². The van der Waals surface area contributed by atoms with Crippen LogP contribution in [0.5, 0.6) is 0 Å². The fraction of sp³-hybridized carbons (Fsp3) is 0.200. The molecular formula is C10H9F3N4O. The largest absolute Gasteiger partial charge is 0.418 e. The molecule has 3 N–H and O–H groups in total. The van der Waals surface area contributed by atoms with Gasteiger partial charge in [-0.2, -0.15) is 18.3 Å². The molecule has 2 aromatic rings. The van der Waals surface area contributed by atoms with E-state index in [9.17, 15) is 18.0 Å². The number of rotatable bonds is 2. The average molecular weight is 258 g/mol. The topological polar surface area (TPSA) is 76.7 Å². The molecule has 0 atom stereocenters. The van der Waals surface area contributed by atoms with Crippen LogP contribution < -0.4 is 11.4 Å². The van der Waals surface area contributed by atoms with Gasteiger partial charge in [0.2, 0.25) is 0 Å². The van der Waals surface area contributed by atoms with E-state index in [-0.39, 0.29) is 18.1 Å². The van der Waals surface area contributed by atoms with Crippen molar-refractivity contribution in [3.05, 3.63) is 46.1 Å². The van der Waals surface area contributed by atoms with Crippen molar-refractivity contribution in [2.24, 2.45) is 5.73 Å². The standard InChI is InChI=1S/C10H9F3N4O/c11-10(12,13)6-3-1-2-4-7(6)17-8(5-14)15-16-9(17)18/h1-4H,5,14H2,(H,16,18). The molecule has 18 heavy (non-hydrogen) atoms. The van der Waals surface area contributed by atoms with E-state index in [4.69, 9.17) is 5.73 Å². The van der Waals surface area contributed by atoms with Crippen molar-refractivity contribution >= 4 is 0 Å². The van der Waals surface area contributed by atoms with Gasteiger partial charge in [0.1, 0.15) is 0 Å². The van der Waals surface area contributed by atoms with Gasteiger partial charge >= 0.3 is 11.9 Å². The van der Waals surface area contributed by atoms with Crippen molar-refractivity contribution in [3.63, 3.8) is 0 Å². The number of nitrogens with two attached hydrogens (primary N) is 1. The van der Waals surface area contributed by atoms with Gasteiger partial charge in [-0.25, -0.2) is 14.5 Å². The highest BCUT2D eigenvalue weighted by Crippen LogP contribution is 2.33. The summed E-state index contributed by atoms with van der Waals surface area (Å²) in [6.45, 7) is -0.148. The van der Waals surface area contributed by atoms with Crippen LogP contribution in [0.4, 0.5) is 13.2 Å². The summed E-state index contributed by atoms with van der Waals surface area (Å²) in [6.07, 6.45) is -4.56. The summed E-state index contributed by atoms with van der Waals surface area (Å²) in [6, 6.07) is 4.75. The Bertz CT molecular complexity index is 614. The molecule has 0 aliphatic carbocycles. The number of alkyl halides is 3. The second kappa shape index (κ2) is 4.30. The van der Waals surface area contributed by atoms with Gasteiger partial charge < -0.3 is 5.73 Å². The fourth-order valence-electron chi connectivity index (χ4n) is 1.62. The van der Waals surface area contributed by atoms with Gasteiger partial charge in [0.05, 0.1) is 17.8 Å². The number of H-pyrrole nitrogens is 1. The normalized spacial score (nSPS) is 11.8. The minimum absolute atomic E-state index is 0.0386. The molecule has 0 aliphatic rings. The number of hydrogen-bond donors (Lipinski definition) is 2. The van der Waals surface area contributed by atoms with E-state index in [0.717, 1.165) is 10.6 Å². The summed E-state index contributed by atoms with van der Waals surface area (Å²) in [5.41, 5.74) is 3.38. The number of hydrogen-bond acceptors (Lipinski definition) is 3. The van der Waals surface area contributed by atoms with Crippen LogP contribution in [0.3, 0.4) is 0 Å². The predicted octanol–water partition coefficient (Wildman–Crippen LogP) is 1.04. The molecule has 0 saturated carbocycles. The Kier molecular flexibility index (Phi) is 2.95. The SMILES string of the molecule is NCc1n[nH]c(=O)n1-c1ccccc1C(F)(F)F. The first-order chi connectivity index (χ1) is 8.45. The minimum Gasteiger partial charge on any atom is -0.324 e. The van der Waals surface area contributed by atoms with Crippen LogP contribution in [0, 0.1) is 0 Å². The third-order valence-corrected chi connectivity index (χ3v) is 2.37. The molecule has 0 saturated heterocycles. The van der Waals surface area contributed by atoms with E-state index in [1.54, 1.807) is 0 Å². The minimum atomic E-state index is -4.56. The molecule has 0 radical (unpaired) electrons. The highest BCUT2D eigenvalue weighted by molar-refractivity contribution is 5.43. The van der Waals surface area contributed by atoms with Crippen molar-refractivity contribution in [1.82, 2.24) is 14.8 Å². The van der Waals surface area contributed by atoms with Gasteiger partial charge in [-0.3, -0.25) is 0 Å². The van der Waals surface area contributed by atoms with Crippen LogP contribution in [0.25, 0.3) is 5.69 Å². The first-order valence-corrected chi connectivity index (χ1v) is 4.98. The van der Waals surface area contributed by atoms with Gasteiger partial charge in [-0.15, -0.1) is 0 Å². The van der Waals surface area contributed by atoms with E-state index in [2.05, 4.69) is 10.2 Å². The Labute approximate surface area is 99.0 Å². The summed E-state index contributed by atoms with van der Waals surface area (Å²) in [5.74, 6) is 0.0386. The molecule has 0 unspecified atom stereocenters. The molecular weight excluding hydrogens is 249 g/mol. The van der Waals surface area contributed by atoms with E-state index in [1.165, 1.54) is 18.2 Å². The molecule has 1 aromatic carbocycles. The number of aromatic amines is 1. The maximum atomic E-state index is 12.8. The molecule has 0 bridgehead atoms. The van der Waals surface area contributed by atoms with Gasteiger partial charge in [-0.05, 0) is 12.1 Å². The van der Waals surface area contributed by atoms with Gasteiger partial charge in [0, 0.05) is 0 Å². The number of nitrogens with one attached hydrogen (secondary N) is 1. The zero-order chi connectivity index (χ0) is 13.3. The van der Waals surface area contributed by atoms with E-state index in [0.29, 0.717) is 0 Å². The smallest absolute Gasteiger partial charge is 0.324 e. The number of nitrogens with zero attached hydrogens (tertiary/aromatic N) is 2. The summed E-state index contributed by atoms with van der Waals surface area (Å²) in [7, 11) is 0. The monoisotopic (exact) mass is 258 g/mol. The van der Waals surface area contributed by atoms with Crippen LogP contribution in [-0.2, 0) is 12.7 Å². The van der Waals surface area contributed by atoms with E-state index >= 15 is 0 Å². The molecule has 0 fully saturated rings. The Morgan fingerprint density at radius 3 is 2.61 bits per heavy atom. The lowest BCUT2D eigenvalue weighted by Gasteiger charge is -2.13. The fourth-order valence-corrected chi connectivity index (χ4v) is 1.62. The van der Waals surface area contributed by atoms with Crippen LogP contribution in [0.1, 0.15) is 11.4 Å². The van der Waals surface area contributed by atoms with Crippen LogP contribution >= 0.6 is 0 Å². The molecule has 2 rings (SSSR count). The van der Waals surface area contributed by atoms with Crippen molar-refractivity contribution in [2.45, 2.75) is 12.7 Å². The van der Waals surface area contributed by atoms with Crippen molar-refractivity contribution in [3.8, 4) is 5.69 Å². The van der Waals surface area contributed by atoms with Crippen LogP contribution in [-0.4, -0.2) is 14.8 Å². The molecule has 8 heteroatoms. The second-order valence-corrected chi connectivity index (χ2v) is 3.50. The lowest BCUT2D eigenvalue weighted by atomic mass is 10.1. The number of halogens is 3. The molecule has 1 heterocycles. The Hall–Kier alpha value is -2.09. The highest BCUT2D eigenvalue weighted by Gasteiger charge is 2.34. The highest BCUT2D eigenvalue weighted by atomic mass is 19.4. The lowest BCUT2D eigenvalue weighted by Crippen LogP contribution is -2.22. The molecule has 0 aliphatic heterocycles. The quantitative estimate of drug-likeness (QED) is 0.844. The maximum Gasteiger partial charge on any atom is 0.418 e. The predicted molar refractivity (Wildman–Crippen MR) is 57.1 cm³/mol. The van der Waals surface area contributed by atoms with Gasteiger partial charge in [0.15, 0.2) is 5.82 Å². The summed E-state index contributed by atoms with van der Waals surface area (Å²) in [4.78, 5) is 11.5. The summed E-state index contributed by atoms with van der Waals surface area (Å²) >= 11 is 0. The molecule has 1 aromatic heterocycles. The van der Waals surface area contributed by atoms with E-state index in [1.807, 2.05) is 0 Å². The number of aromatic nitrogens is 3. The Morgan fingerprint density at radius 2 is 2.00 bits per heavy atom. The first kappa shape index (κ1) is 12.4. The number of para-hydroxylation sites is 1. The molecule has 0 amide bonds. The Balaban J connectivity index is 2.72. The maximum absolute atomic E-state index is 12.8. The van der Waals surface area contributed by atoms with E-state index < -0.39 is 17.4 Å². The second-order valence-electron chi connectivity index (χ2n) is 3.50. The summed E-state index contributed by atoms with van der Waals surface area (Å²) < 4.78 is 39.3. The van der Waals surface area contributed by atoms with Crippen molar-refractivity contribution in [2.75, 3.05) is 0 Å². The average Bonchev–Trinajstić information content (AvgIpc) is 2.69. The first-order valence-electron chi connectivity index (χ1n) is 4.98. The zero-order valence-corrected chi connectivity index (χ0v) is 9.03. The molecule has 5 nitrogen and oxygen atoms in total. The van der Waals surface area contributed by atoms with Gasteiger partial charge in [0.25, 0.3) is 0 Å². The van der Waals surface area contributed by atoms with Crippen molar-refractivity contribution < 1.29 is 13.2 Å². The van der Waals surface area contributed by atoms with Crippen molar-refractivity contribution in [1.29, 1.82) is 0 Å². The zero-order valence-electron chi connectivity index (χ0n) is 9.03. The third kappa shape index (κ3) is 2.02. The number of benzene rings is 1. The summed E-state index contributed by atoms with van der Waals surface area (Å²) in [5, 5.41) is 5.64. The lowest BCUT2D eigenvalue weighted by molar-refractivity contribution is -0.137. The molecule has 96 valence electrons.